The number of nitrogens with zero attached hydrogens (tertiary/aromatic N) is 2. The number of hydrogen-bond acceptors (Lipinski definition) is 6. The molecule has 9 heteroatoms. The summed E-state index contributed by atoms with van der Waals surface area (Å²) in [4.78, 5) is 35.0. The van der Waals surface area contributed by atoms with Crippen LogP contribution in [0, 0.1) is 0 Å². The van der Waals surface area contributed by atoms with E-state index in [1.54, 1.807) is 12.1 Å². The van der Waals surface area contributed by atoms with Crippen molar-refractivity contribution >= 4 is 22.6 Å². The lowest BCUT2D eigenvalue weighted by Gasteiger charge is -2.12. The molecule has 1 amide bonds. The van der Waals surface area contributed by atoms with E-state index in [4.69, 9.17) is 14.6 Å². The molecule has 2 rings (SSSR count). The smallest absolute Gasteiger partial charge is 0.303 e. The molecule has 0 unspecified atom stereocenters. The van der Waals surface area contributed by atoms with Crippen LogP contribution < -0.4 is 20.3 Å². The van der Waals surface area contributed by atoms with Gasteiger partial charge in [-0.05, 0) is 18.6 Å². The van der Waals surface area contributed by atoms with Crippen LogP contribution in [0.1, 0.15) is 12.8 Å². The number of rotatable bonds is 8. The number of aliphatic carboxylic acids is 1. The zero-order valence-electron chi connectivity index (χ0n) is 13.9. The number of methoxy groups -OCH3 is 2. The van der Waals surface area contributed by atoms with Crippen LogP contribution in [0.4, 0.5) is 0 Å². The molecule has 0 aliphatic rings. The largest absolute Gasteiger partial charge is 0.493 e. The van der Waals surface area contributed by atoms with Crippen LogP contribution in [0.5, 0.6) is 11.5 Å². The number of amides is 1. The van der Waals surface area contributed by atoms with Crippen molar-refractivity contribution in [1.29, 1.82) is 0 Å². The van der Waals surface area contributed by atoms with Gasteiger partial charge in [0.2, 0.25) is 5.91 Å². The second-order valence-corrected chi connectivity index (χ2v) is 5.22. The van der Waals surface area contributed by atoms with Gasteiger partial charge >= 0.3 is 5.97 Å². The predicted octanol–water partition coefficient (Wildman–Crippen LogP) is 0.395. The zero-order chi connectivity index (χ0) is 18.4. The van der Waals surface area contributed by atoms with E-state index in [-0.39, 0.29) is 30.6 Å². The van der Waals surface area contributed by atoms with Gasteiger partial charge in [-0.15, -0.1) is 0 Å². The van der Waals surface area contributed by atoms with E-state index >= 15 is 0 Å². The predicted molar refractivity (Wildman–Crippen MR) is 89.0 cm³/mol. The first-order valence-electron chi connectivity index (χ1n) is 7.57. The van der Waals surface area contributed by atoms with Crippen LogP contribution in [-0.4, -0.2) is 47.5 Å². The first kappa shape index (κ1) is 18.2. The van der Waals surface area contributed by atoms with Gasteiger partial charge in [-0.2, -0.15) is 5.10 Å². The van der Waals surface area contributed by atoms with E-state index in [0.29, 0.717) is 17.6 Å². The second-order valence-electron chi connectivity index (χ2n) is 5.22. The Morgan fingerprint density at radius 2 is 2.04 bits per heavy atom. The number of carbonyl (C=O) groups excluding carboxylic acids is 1. The third kappa shape index (κ3) is 4.25. The Morgan fingerprint density at radius 3 is 2.68 bits per heavy atom. The Kier molecular flexibility index (Phi) is 5.93. The van der Waals surface area contributed by atoms with Crippen LogP contribution in [-0.2, 0) is 16.1 Å². The molecular weight excluding hydrogens is 330 g/mol. The summed E-state index contributed by atoms with van der Waals surface area (Å²) in [6.07, 6.45) is 1.74. The molecule has 0 atom stereocenters. The van der Waals surface area contributed by atoms with E-state index in [9.17, 15) is 14.4 Å². The number of nitrogens with one attached hydrogen (secondary N) is 1. The van der Waals surface area contributed by atoms with E-state index in [1.165, 1.54) is 20.4 Å². The number of carboxylic acid groups (broad SMARTS) is 1. The maximum absolute atomic E-state index is 12.6. The van der Waals surface area contributed by atoms with Gasteiger partial charge in [-0.25, -0.2) is 4.68 Å². The van der Waals surface area contributed by atoms with Crippen molar-refractivity contribution in [2.24, 2.45) is 0 Å². The number of ether oxygens (including phenoxy) is 2. The molecule has 2 aromatic rings. The SMILES string of the molecule is COc1ccc2cnn(CC(=O)NCCCC(=O)O)c(=O)c2c1OC. The fraction of sp³-hybridized carbons (Fsp3) is 0.375. The van der Waals surface area contributed by atoms with Gasteiger partial charge in [-0.1, -0.05) is 0 Å². The molecule has 0 fully saturated rings. The Balaban J connectivity index is 2.22. The van der Waals surface area contributed by atoms with Gasteiger partial charge in [0.05, 0.1) is 25.8 Å². The summed E-state index contributed by atoms with van der Waals surface area (Å²) in [5.74, 6) is -0.671. The van der Waals surface area contributed by atoms with Gasteiger partial charge in [0.25, 0.3) is 5.56 Å². The highest BCUT2D eigenvalue weighted by atomic mass is 16.5. The van der Waals surface area contributed by atoms with E-state index in [2.05, 4.69) is 10.4 Å². The molecule has 1 aromatic heterocycles. The second kappa shape index (κ2) is 8.13. The van der Waals surface area contributed by atoms with Crippen molar-refractivity contribution in [2.75, 3.05) is 20.8 Å². The number of benzene rings is 1. The number of aromatic nitrogens is 2. The molecule has 0 spiro atoms. The Hall–Kier alpha value is -3.10. The summed E-state index contributed by atoms with van der Waals surface area (Å²) >= 11 is 0. The molecule has 25 heavy (non-hydrogen) atoms. The third-order valence-corrected chi connectivity index (χ3v) is 3.55. The quantitative estimate of drug-likeness (QED) is 0.662. The highest BCUT2D eigenvalue weighted by Gasteiger charge is 2.15. The molecule has 0 saturated carbocycles. The van der Waals surface area contributed by atoms with Crippen molar-refractivity contribution in [1.82, 2.24) is 15.1 Å². The highest BCUT2D eigenvalue weighted by molar-refractivity contribution is 5.89. The minimum atomic E-state index is -0.928. The average molecular weight is 349 g/mol. The number of carbonyl (C=O) groups is 2. The van der Waals surface area contributed by atoms with Gasteiger partial charge in [0.1, 0.15) is 6.54 Å². The highest BCUT2D eigenvalue weighted by Crippen LogP contribution is 2.32. The normalized spacial score (nSPS) is 10.5. The van der Waals surface area contributed by atoms with Crippen molar-refractivity contribution in [2.45, 2.75) is 19.4 Å². The molecule has 0 aliphatic carbocycles. The Morgan fingerprint density at radius 1 is 1.28 bits per heavy atom. The fourth-order valence-corrected chi connectivity index (χ4v) is 2.36. The molecule has 1 heterocycles. The Labute approximate surface area is 143 Å². The van der Waals surface area contributed by atoms with Crippen LogP contribution in [0.3, 0.4) is 0 Å². The van der Waals surface area contributed by atoms with Crippen LogP contribution in [0.25, 0.3) is 10.8 Å². The lowest BCUT2D eigenvalue weighted by atomic mass is 10.1. The standard InChI is InChI=1S/C16H19N3O6/c1-24-11-6-5-10-8-18-19(16(23)14(10)15(11)25-2)9-12(20)17-7-3-4-13(21)22/h5-6,8H,3-4,7,9H2,1-2H3,(H,17,20)(H,21,22). The summed E-state index contributed by atoms with van der Waals surface area (Å²) in [6.45, 7) is -0.0627. The molecule has 0 aliphatic heterocycles. The Bertz CT molecular complexity index is 846. The first-order chi connectivity index (χ1) is 12.0. The molecule has 9 nitrogen and oxygen atoms in total. The van der Waals surface area contributed by atoms with Gasteiger partial charge < -0.3 is 19.9 Å². The molecular formula is C16H19N3O6. The minimum Gasteiger partial charge on any atom is -0.493 e. The summed E-state index contributed by atoms with van der Waals surface area (Å²) in [6, 6.07) is 3.35. The topological polar surface area (TPSA) is 120 Å². The van der Waals surface area contributed by atoms with Gasteiger partial charge in [-0.3, -0.25) is 14.4 Å². The van der Waals surface area contributed by atoms with Gasteiger partial charge in [0, 0.05) is 18.4 Å². The van der Waals surface area contributed by atoms with Crippen LogP contribution >= 0.6 is 0 Å². The third-order valence-electron chi connectivity index (χ3n) is 3.55. The van der Waals surface area contributed by atoms with Crippen LogP contribution in [0.2, 0.25) is 0 Å². The summed E-state index contributed by atoms with van der Waals surface area (Å²) in [5.41, 5.74) is -0.478. The van der Waals surface area contributed by atoms with Crippen molar-refractivity contribution < 1.29 is 24.2 Å². The molecule has 0 bridgehead atoms. The van der Waals surface area contributed by atoms with Crippen LogP contribution in [0.15, 0.2) is 23.1 Å². The lowest BCUT2D eigenvalue weighted by molar-refractivity contribution is -0.137. The number of hydrogen-bond donors (Lipinski definition) is 2. The molecule has 0 saturated heterocycles. The average Bonchev–Trinajstić information content (AvgIpc) is 2.60. The maximum atomic E-state index is 12.6. The van der Waals surface area contributed by atoms with E-state index in [0.717, 1.165) is 4.68 Å². The maximum Gasteiger partial charge on any atom is 0.303 e. The summed E-state index contributed by atoms with van der Waals surface area (Å²) in [5, 5.41) is 15.9. The fourth-order valence-electron chi connectivity index (χ4n) is 2.36. The molecule has 0 radical (unpaired) electrons. The number of fused-ring (bicyclic) bond motifs is 1. The first-order valence-corrected chi connectivity index (χ1v) is 7.57. The molecule has 1 aromatic carbocycles. The zero-order valence-corrected chi connectivity index (χ0v) is 13.9. The van der Waals surface area contributed by atoms with E-state index in [1.807, 2.05) is 0 Å². The number of carboxylic acids is 1. The molecule has 134 valence electrons. The van der Waals surface area contributed by atoms with Crippen molar-refractivity contribution in [3.05, 3.63) is 28.7 Å². The lowest BCUT2D eigenvalue weighted by Crippen LogP contribution is -2.34. The monoisotopic (exact) mass is 349 g/mol. The summed E-state index contributed by atoms with van der Waals surface area (Å²) in [7, 11) is 2.89. The van der Waals surface area contributed by atoms with Gasteiger partial charge in [0.15, 0.2) is 11.5 Å². The minimum absolute atomic E-state index is 0.0363. The summed E-state index contributed by atoms with van der Waals surface area (Å²) < 4.78 is 11.5. The van der Waals surface area contributed by atoms with E-state index < -0.39 is 17.4 Å². The molecule has 2 N–H and O–H groups in total. The van der Waals surface area contributed by atoms with Crippen molar-refractivity contribution in [3.63, 3.8) is 0 Å². The van der Waals surface area contributed by atoms with Crippen molar-refractivity contribution in [3.8, 4) is 11.5 Å².